The van der Waals surface area contributed by atoms with Crippen molar-refractivity contribution in [1.29, 1.82) is 0 Å². The third-order valence-corrected chi connectivity index (χ3v) is 2.63. The van der Waals surface area contributed by atoms with Gasteiger partial charge in [-0.2, -0.15) is 0 Å². The molecular formula is C16H14O3. The molecule has 0 heterocycles. The molecular weight excluding hydrogens is 240 g/mol. The first kappa shape index (κ1) is 12.9. The van der Waals surface area contributed by atoms with Gasteiger partial charge < -0.3 is 9.47 Å². The highest BCUT2D eigenvalue weighted by molar-refractivity contribution is 5.91. The maximum Gasteiger partial charge on any atom is 0.343 e. The Labute approximate surface area is 112 Å². The number of benzene rings is 2. The summed E-state index contributed by atoms with van der Waals surface area (Å²) in [7, 11) is 1.56. The smallest absolute Gasteiger partial charge is 0.343 e. The SMILES string of the molecule is C=Cc1ccc(C(=O)Oc2cccc(OC)c2)cc1. The fraction of sp³-hybridized carbons (Fsp3) is 0.0625. The zero-order valence-electron chi connectivity index (χ0n) is 10.6. The summed E-state index contributed by atoms with van der Waals surface area (Å²) in [6.07, 6.45) is 1.72. The molecule has 2 aromatic carbocycles. The average Bonchev–Trinajstić information content (AvgIpc) is 2.47. The molecule has 96 valence electrons. The van der Waals surface area contributed by atoms with Crippen LogP contribution in [0.5, 0.6) is 11.5 Å². The standard InChI is InChI=1S/C16H14O3/c1-3-12-7-9-13(10-8-12)16(17)19-15-6-4-5-14(11-15)18-2/h3-11H,1H2,2H3. The van der Waals surface area contributed by atoms with Gasteiger partial charge in [0.2, 0.25) is 0 Å². The second-order valence-electron chi connectivity index (χ2n) is 3.89. The van der Waals surface area contributed by atoms with Crippen molar-refractivity contribution in [2.45, 2.75) is 0 Å². The Morgan fingerprint density at radius 1 is 1.11 bits per heavy atom. The molecule has 2 aromatic rings. The van der Waals surface area contributed by atoms with E-state index in [9.17, 15) is 4.79 Å². The van der Waals surface area contributed by atoms with Gasteiger partial charge in [0.25, 0.3) is 0 Å². The molecule has 0 aliphatic heterocycles. The maximum absolute atomic E-state index is 11.9. The van der Waals surface area contributed by atoms with Gasteiger partial charge in [-0.1, -0.05) is 30.9 Å². The predicted octanol–water partition coefficient (Wildman–Crippen LogP) is 3.56. The monoisotopic (exact) mass is 254 g/mol. The van der Waals surface area contributed by atoms with E-state index in [0.29, 0.717) is 17.1 Å². The number of carbonyl (C=O) groups is 1. The average molecular weight is 254 g/mol. The summed E-state index contributed by atoms with van der Waals surface area (Å²) in [6.45, 7) is 3.66. The van der Waals surface area contributed by atoms with Crippen LogP contribution in [0.4, 0.5) is 0 Å². The van der Waals surface area contributed by atoms with Crippen LogP contribution in [-0.2, 0) is 0 Å². The summed E-state index contributed by atoms with van der Waals surface area (Å²) in [4.78, 5) is 11.9. The van der Waals surface area contributed by atoms with E-state index in [1.54, 1.807) is 49.6 Å². The van der Waals surface area contributed by atoms with E-state index in [0.717, 1.165) is 5.56 Å². The van der Waals surface area contributed by atoms with Crippen molar-refractivity contribution >= 4 is 12.0 Å². The third-order valence-electron chi connectivity index (χ3n) is 2.63. The molecule has 0 fully saturated rings. The van der Waals surface area contributed by atoms with Gasteiger partial charge in [0.15, 0.2) is 0 Å². The van der Waals surface area contributed by atoms with E-state index < -0.39 is 5.97 Å². The van der Waals surface area contributed by atoms with Gasteiger partial charge in [-0.15, -0.1) is 0 Å². The van der Waals surface area contributed by atoms with Crippen molar-refractivity contribution in [2.75, 3.05) is 7.11 Å². The molecule has 0 N–H and O–H groups in total. The Hall–Kier alpha value is -2.55. The van der Waals surface area contributed by atoms with Gasteiger partial charge >= 0.3 is 5.97 Å². The van der Waals surface area contributed by atoms with Crippen molar-refractivity contribution in [3.8, 4) is 11.5 Å². The van der Waals surface area contributed by atoms with Gasteiger partial charge in [0, 0.05) is 6.07 Å². The van der Waals surface area contributed by atoms with E-state index in [1.807, 2.05) is 12.1 Å². The second-order valence-corrected chi connectivity index (χ2v) is 3.89. The summed E-state index contributed by atoms with van der Waals surface area (Å²) in [6, 6.07) is 14.0. The Bertz CT molecular complexity index is 585. The van der Waals surface area contributed by atoms with Gasteiger partial charge in [0.1, 0.15) is 11.5 Å². The van der Waals surface area contributed by atoms with Crippen molar-refractivity contribution < 1.29 is 14.3 Å². The largest absolute Gasteiger partial charge is 0.497 e. The Morgan fingerprint density at radius 2 is 1.79 bits per heavy atom. The summed E-state index contributed by atoms with van der Waals surface area (Å²) >= 11 is 0. The molecule has 0 aliphatic carbocycles. The molecule has 0 unspecified atom stereocenters. The molecule has 0 amide bonds. The number of methoxy groups -OCH3 is 1. The minimum Gasteiger partial charge on any atom is -0.497 e. The minimum atomic E-state index is -0.399. The molecule has 3 heteroatoms. The van der Waals surface area contributed by atoms with Crippen LogP contribution in [0.15, 0.2) is 55.1 Å². The number of hydrogen-bond acceptors (Lipinski definition) is 3. The number of rotatable bonds is 4. The Morgan fingerprint density at radius 3 is 2.42 bits per heavy atom. The Balaban J connectivity index is 2.13. The van der Waals surface area contributed by atoms with Crippen LogP contribution in [0.25, 0.3) is 6.08 Å². The van der Waals surface area contributed by atoms with Gasteiger partial charge in [0.05, 0.1) is 12.7 Å². The highest BCUT2D eigenvalue weighted by Gasteiger charge is 2.08. The van der Waals surface area contributed by atoms with Crippen LogP contribution in [0.3, 0.4) is 0 Å². The first-order chi connectivity index (χ1) is 9.22. The number of carbonyl (C=O) groups excluding carboxylic acids is 1. The van der Waals surface area contributed by atoms with Crippen LogP contribution in [-0.4, -0.2) is 13.1 Å². The van der Waals surface area contributed by atoms with E-state index >= 15 is 0 Å². The molecule has 2 rings (SSSR count). The molecule has 0 aromatic heterocycles. The Kier molecular flexibility index (Phi) is 3.98. The van der Waals surface area contributed by atoms with Gasteiger partial charge in [-0.05, 0) is 29.8 Å². The topological polar surface area (TPSA) is 35.5 Å². The normalized spacial score (nSPS) is 9.74. The summed E-state index contributed by atoms with van der Waals surface area (Å²) < 4.78 is 10.3. The second kappa shape index (κ2) is 5.87. The number of ether oxygens (including phenoxy) is 2. The summed E-state index contributed by atoms with van der Waals surface area (Å²) in [5, 5.41) is 0. The van der Waals surface area contributed by atoms with Crippen molar-refractivity contribution in [1.82, 2.24) is 0 Å². The minimum absolute atomic E-state index is 0.399. The van der Waals surface area contributed by atoms with Crippen LogP contribution < -0.4 is 9.47 Å². The third kappa shape index (κ3) is 3.22. The first-order valence-electron chi connectivity index (χ1n) is 5.81. The molecule has 0 radical (unpaired) electrons. The quantitative estimate of drug-likeness (QED) is 0.618. The van der Waals surface area contributed by atoms with Crippen molar-refractivity contribution in [3.05, 3.63) is 66.2 Å². The van der Waals surface area contributed by atoms with E-state index in [-0.39, 0.29) is 0 Å². The maximum atomic E-state index is 11.9. The van der Waals surface area contributed by atoms with Crippen LogP contribution in [0.2, 0.25) is 0 Å². The molecule has 3 nitrogen and oxygen atoms in total. The van der Waals surface area contributed by atoms with Crippen molar-refractivity contribution in [2.24, 2.45) is 0 Å². The van der Waals surface area contributed by atoms with Gasteiger partial charge in [-0.3, -0.25) is 0 Å². The summed E-state index contributed by atoms with van der Waals surface area (Å²) in [5.74, 6) is 0.702. The first-order valence-corrected chi connectivity index (χ1v) is 5.81. The van der Waals surface area contributed by atoms with E-state index in [1.165, 1.54) is 0 Å². The number of esters is 1. The van der Waals surface area contributed by atoms with Gasteiger partial charge in [-0.25, -0.2) is 4.79 Å². The fourth-order valence-electron chi connectivity index (χ4n) is 1.59. The van der Waals surface area contributed by atoms with Crippen LogP contribution in [0, 0.1) is 0 Å². The molecule has 0 spiro atoms. The fourth-order valence-corrected chi connectivity index (χ4v) is 1.59. The number of hydrogen-bond donors (Lipinski definition) is 0. The molecule has 0 aliphatic rings. The lowest BCUT2D eigenvalue weighted by molar-refractivity contribution is 0.0734. The highest BCUT2D eigenvalue weighted by Crippen LogP contribution is 2.20. The molecule has 0 bridgehead atoms. The lowest BCUT2D eigenvalue weighted by atomic mass is 10.1. The molecule has 0 atom stereocenters. The molecule has 0 saturated carbocycles. The zero-order chi connectivity index (χ0) is 13.7. The van der Waals surface area contributed by atoms with Crippen LogP contribution in [0.1, 0.15) is 15.9 Å². The predicted molar refractivity (Wildman–Crippen MR) is 74.5 cm³/mol. The van der Waals surface area contributed by atoms with E-state index in [2.05, 4.69) is 6.58 Å². The molecule has 0 saturated heterocycles. The van der Waals surface area contributed by atoms with Crippen LogP contribution >= 0.6 is 0 Å². The summed E-state index contributed by atoms with van der Waals surface area (Å²) in [5.41, 5.74) is 1.45. The lowest BCUT2D eigenvalue weighted by Crippen LogP contribution is -2.08. The zero-order valence-corrected chi connectivity index (χ0v) is 10.6. The molecule has 19 heavy (non-hydrogen) atoms. The lowest BCUT2D eigenvalue weighted by Gasteiger charge is -2.06. The highest BCUT2D eigenvalue weighted by atomic mass is 16.5. The van der Waals surface area contributed by atoms with E-state index in [4.69, 9.17) is 9.47 Å². The van der Waals surface area contributed by atoms with Crippen molar-refractivity contribution in [3.63, 3.8) is 0 Å².